The third-order valence-corrected chi connectivity index (χ3v) is 4.90. The summed E-state index contributed by atoms with van der Waals surface area (Å²) in [6.45, 7) is 4.53. The van der Waals surface area contributed by atoms with Crippen molar-refractivity contribution < 1.29 is 9.53 Å². The molecule has 0 radical (unpaired) electrons. The molecular weight excluding hydrogens is 396 g/mol. The zero-order valence-corrected chi connectivity index (χ0v) is 17.5. The van der Waals surface area contributed by atoms with E-state index in [1.165, 1.54) is 17.2 Å². The van der Waals surface area contributed by atoms with Crippen molar-refractivity contribution in [3.05, 3.63) is 99.6 Å². The van der Waals surface area contributed by atoms with Crippen molar-refractivity contribution in [3.63, 3.8) is 0 Å². The maximum atomic E-state index is 12.5. The van der Waals surface area contributed by atoms with Gasteiger partial charge < -0.3 is 10.1 Å². The second kappa shape index (κ2) is 9.78. The Morgan fingerprint density at radius 1 is 1.07 bits per heavy atom. The molecule has 0 aromatic heterocycles. The third-order valence-electron chi connectivity index (χ3n) is 4.65. The minimum atomic E-state index is -0.496. The molecule has 0 aliphatic carbocycles. The fraction of sp³-hybridized carbons (Fsp3) is 0.120. The summed E-state index contributed by atoms with van der Waals surface area (Å²) < 4.78 is 5.97. The standard InChI is InChI=1S/C25H21ClN2O2/c1-17-7-8-19(13-18(17)2)16-30-24-6-4-3-5-20(24)14-21(15-27)25(29)28-23-11-9-22(26)10-12-23/h3-14H,16H2,1-2H3,(H,28,29)/b21-14+. The molecule has 0 bridgehead atoms. The summed E-state index contributed by atoms with van der Waals surface area (Å²) in [5.41, 5.74) is 4.68. The molecule has 30 heavy (non-hydrogen) atoms. The van der Waals surface area contributed by atoms with E-state index in [-0.39, 0.29) is 5.57 Å². The normalized spacial score (nSPS) is 10.9. The van der Waals surface area contributed by atoms with Gasteiger partial charge in [-0.1, -0.05) is 48.0 Å². The summed E-state index contributed by atoms with van der Waals surface area (Å²) in [6, 6.07) is 22.2. The summed E-state index contributed by atoms with van der Waals surface area (Å²) >= 11 is 5.86. The number of amides is 1. The van der Waals surface area contributed by atoms with Crippen LogP contribution in [0, 0.1) is 25.2 Å². The number of carbonyl (C=O) groups excluding carboxylic acids is 1. The molecule has 1 amide bonds. The van der Waals surface area contributed by atoms with Gasteiger partial charge in [0.1, 0.15) is 24.0 Å². The molecule has 0 aliphatic rings. The number of anilines is 1. The van der Waals surface area contributed by atoms with Gasteiger partial charge in [0, 0.05) is 16.3 Å². The molecule has 0 saturated carbocycles. The molecule has 150 valence electrons. The zero-order valence-electron chi connectivity index (χ0n) is 16.8. The number of hydrogen-bond donors (Lipinski definition) is 1. The number of nitrogens with one attached hydrogen (secondary N) is 1. The minimum Gasteiger partial charge on any atom is -0.488 e. The molecule has 0 unspecified atom stereocenters. The lowest BCUT2D eigenvalue weighted by Crippen LogP contribution is -2.13. The Balaban J connectivity index is 1.77. The van der Waals surface area contributed by atoms with Gasteiger partial charge in [-0.3, -0.25) is 4.79 Å². The monoisotopic (exact) mass is 416 g/mol. The number of para-hydroxylation sites is 1. The van der Waals surface area contributed by atoms with E-state index in [2.05, 4.69) is 31.3 Å². The van der Waals surface area contributed by atoms with Gasteiger partial charge in [-0.05, 0) is 66.9 Å². The van der Waals surface area contributed by atoms with Gasteiger partial charge in [0.15, 0.2) is 0 Å². The van der Waals surface area contributed by atoms with Crippen molar-refractivity contribution in [2.75, 3.05) is 5.32 Å². The number of halogens is 1. The number of benzene rings is 3. The second-order valence-electron chi connectivity index (χ2n) is 6.88. The number of carbonyl (C=O) groups is 1. The molecule has 0 saturated heterocycles. The van der Waals surface area contributed by atoms with Crippen LogP contribution in [0.3, 0.4) is 0 Å². The average Bonchev–Trinajstić information content (AvgIpc) is 2.75. The molecule has 0 spiro atoms. The van der Waals surface area contributed by atoms with Gasteiger partial charge in [0.2, 0.25) is 0 Å². The molecule has 0 atom stereocenters. The SMILES string of the molecule is Cc1ccc(COc2ccccc2/C=C(\C#N)C(=O)Nc2ccc(Cl)cc2)cc1C. The summed E-state index contributed by atoms with van der Waals surface area (Å²) in [5, 5.41) is 12.8. The quantitative estimate of drug-likeness (QED) is 0.391. The van der Waals surface area contributed by atoms with E-state index in [1.54, 1.807) is 24.3 Å². The van der Waals surface area contributed by atoms with Gasteiger partial charge in [0.25, 0.3) is 5.91 Å². The first-order chi connectivity index (χ1) is 14.5. The minimum absolute atomic E-state index is 0.0211. The number of hydrogen-bond acceptors (Lipinski definition) is 3. The summed E-state index contributed by atoms with van der Waals surface area (Å²) in [4.78, 5) is 12.5. The molecular formula is C25H21ClN2O2. The largest absolute Gasteiger partial charge is 0.488 e. The van der Waals surface area contributed by atoms with Crippen LogP contribution >= 0.6 is 11.6 Å². The number of ether oxygens (including phenoxy) is 1. The highest BCUT2D eigenvalue weighted by molar-refractivity contribution is 6.30. The lowest BCUT2D eigenvalue weighted by molar-refractivity contribution is -0.112. The highest BCUT2D eigenvalue weighted by Crippen LogP contribution is 2.23. The fourth-order valence-corrected chi connectivity index (χ4v) is 2.95. The average molecular weight is 417 g/mol. The molecule has 0 fully saturated rings. The molecule has 5 heteroatoms. The van der Waals surface area contributed by atoms with E-state index in [0.717, 1.165) is 5.56 Å². The number of nitriles is 1. The Morgan fingerprint density at radius 3 is 2.50 bits per heavy atom. The lowest BCUT2D eigenvalue weighted by Gasteiger charge is -2.11. The molecule has 3 aromatic carbocycles. The van der Waals surface area contributed by atoms with Gasteiger partial charge in [0.05, 0.1) is 0 Å². The molecule has 4 nitrogen and oxygen atoms in total. The van der Waals surface area contributed by atoms with E-state index in [1.807, 2.05) is 36.4 Å². The van der Waals surface area contributed by atoms with Crippen LogP contribution in [0.25, 0.3) is 6.08 Å². The van der Waals surface area contributed by atoms with Crippen molar-refractivity contribution in [1.29, 1.82) is 5.26 Å². The van der Waals surface area contributed by atoms with Crippen molar-refractivity contribution in [3.8, 4) is 11.8 Å². The van der Waals surface area contributed by atoms with Crippen molar-refractivity contribution in [2.45, 2.75) is 20.5 Å². The first kappa shape index (κ1) is 21.2. The van der Waals surface area contributed by atoms with Gasteiger partial charge in [-0.25, -0.2) is 0 Å². The lowest BCUT2D eigenvalue weighted by atomic mass is 10.1. The van der Waals surface area contributed by atoms with Crippen molar-refractivity contribution in [2.24, 2.45) is 0 Å². The van der Waals surface area contributed by atoms with Crippen LogP contribution in [-0.2, 0) is 11.4 Å². The predicted octanol–water partition coefficient (Wildman–Crippen LogP) is 6.08. The third kappa shape index (κ3) is 5.50. The Hall–Kier alpha value is -3.55. The Morgan fingerprint density at radius 2 is 1.80 bits per heavy atom. The Bertz CT molecular complexity index is 1130. The van der Waals surface area contributed by atoms with E-state index >= 15 is 0 Å². The summed E-state index contributed by atoms with van der Waals surface area (Å²) in [7, 11) is 0. The molecule has 1 N–H and O–H groups in total. The van der Waals surface area contributed by atoms with Crippen LogP contribution in [0.5, 0.6) is 5.75 Å². The van der Waals surface area contributed by atoms with Crippen LogP contribution in [0.2, 0.25) is 5.02 Å². The highest BCUT2D eigenvalue weighted by Gasteiger charge is 2.11. The van der Waals surface area contributed by atoms with E-state index in [0.29, 0.717) is 28.6 Å². The molecule has 0 aliphatic heterocycles. The number of aryl methyl sites for hydroxylation is 2. The first-order valence-corrected chi connectivity index (χ1v) is 9.81. The van der Waals surface area contributed by atoms with E-state index in [4.69, 9.17) is 16.3 Å². The van der Waals surface area contributed by atoms with E-state index < -0.39 is 5.91 Å². The van der Waals surface area contributed by atoms with Gasteiger partial charge in [-0.15, -0.1) is 0 Å². The predicted molar refractivity (Wildman–Crippen MR) is 120 cm³/mol. The van der Waals surface area contributed by atoms with Crippen LogP contribution < -0.4 is 10.1 Å². The van der Waals surface area contributed by atoms with Gasteiger partial charge >= 0.3 is 0 Å². The summed E-state index contributed by atoms with van der Waals surface area (Å²) in [5.74, 6) is 0.103. The number of nitrogens with zero attached hydrogens (tertiary/aromatic N) is 1. The first-order valence-electron chi connectivity index (χ1n) is 9.43. The Labute approximate surface area is 181 Å². The maximum Gasteiger partial charge on any atom is 0.266 e. The maximum absolute atomic E-state index is 12.5. The molecule has 0 heterocycles. The van der Waals surface area contributed by atoms with Crippen LogP contribution in [-0.4, -0.2) is 5.91 Å². The molecule has 3 aromatic rings. The smallest absolute Gasteiger partial charge is 0.266 e. The van der Waals surface area contributed by atoms with Crippen molar-refractivity contribution in [1.82, 2.24) is 0 Å². The highest BCUT2D eigenvalue weighted by atomic mass is 35.5. The second-order valence-corrected chi connectivity index (χ2v) is 7.31. The van der Waals surface area contributed by atoms with Crippen LogP contribution in [0.4, 0.5) is 5.69 Å². The molecule has 3 rings (SSSR count). The fourth-order valence-electron chi connectivity index (χ4n) is 2.82. The van der Waals surface area contributed by atoms with Crippen molar-refractivity contribution >= 4 is 29.3 Å². The van der Waals surface area contributed by atoms with Crippen LogP contribution in [0.1, 0.15) is 22.3 Å². The number of rotatable bonds is 6. The van der Waals surface area contributed by atoms with Crippen LogP contribution in [0.15, 0.2) is 72.3 Å². The van der Waals surface area contributed by atoms with E-state index in [9.17, 15) is 10.1 Å². The Kier molecular flexibility index (Phi) is 6.90. The van der Waals surface area contributed by atoms with Gasteiger partial charge in [-0.2, -0.15) is 5.26 Å². The summed E-state index contributed by atoms with van der Waals surface area (Å²) in [6.07, 6.45) is 1.53. The topological polar surface area (TPSA) is 62.1 Å². The zero-order chi connectivity index (χ0) is 21.5.